The molecule has 0 aromatic carbocycles. The van der Waals surface area contributed by atoms with Crippen LogP contribution in [-0.2, 0) is 20.0 Å². The molecule has 14 heavy (non-hydrogen) atoms. The van der Waals surface area contributed by atoms with E-state index in [9.17, 15) is 5.11 Å². The van der Waals surface area contributed by atoms with Crippen molar-refractivity contribution in [3.63, 3.8) is 0 Å². The molecule has 0 amide bonds. The normalized spacial score (nSPS) is 20.9. The van der Waals surface area contributed by atoms with Gasteiger partial charge in [-0.1, -0.05) is 0 Å². The number of aliphatic hydroxyl groups is 1. The SMILES string of the molecule is CNCc1nn(C)c2c1C(O)CCC2. The summed E-state index contributed by atoms with van der Waals surface area (Å²) >= 11 is 0. The summed E-state index contributed by atoms with van der Waals surface area (Å²) in [5.74, 6) is 0. The van der Waals surface area contributed by atoms with E-state index >= 15 is 0 Å². The van der Waals surface area contributed by atoms with Gasteiger partial charge in [0.15, 0.2) is 0 Å². The number of nitrogens with zero attached hydrogens (tertiary/aromatic N) is 2. The van der Waals surface area contributed by atoms with Crippen LogP contribution in [0.4, 0.5) is 0 Å². The van der Waals surface area contributed by atoms with Crippen LogP contribution in [0.25, 0.3) is 0 Å². The highest BCUT2D eigenvalue weighted by molar-refractivity contribution is 5.30. The highest BCUT2D eigenvalue weighted by Crippen LogP contribution is 2.31. The Morgan fingerprint density at radius 1 is 1.64 bits per heavy atom. The Morgan fingerprint density at radius 2 is 2.43 bits per heavy atom. The van der Waals surface area contributed by atoms with E-state index in [1.54, 1.807) is 0 Å². The molecule has 0 aliphatic heterocycles. The summed E-state index contributed by atoms with van der Waals surface area (Å²) in [5.41, 5.74) is 3.26. The zero-order valence-corrected chi connectivity index (χ0v) is 8.75. The van der Waals surface area contributed by atoms with E-state index in [4.69, 9.17) is 0 Å². The van der Waals surface area contributed by atoms with Crippen molar-refractivity contribution in [2.45, 2.75) is 31.9 Å². The molecule has 1 aliphatic carbocycles. The van der Waals surface area contributed by atoms with Gasteiger partial charge in [0.05, 0.1) is 11.8 Å². The van der Waals surface area contributed by atoms with Crippen molar-refractivity contribution >= 4 is 0 Å². The van der Waals surface area contributed by atoms with Crippen LogP contribution in [0.15, 0.2) is 0 Å². The fraction of sp³-hybridized carbons (Fsp3) is 0.700. The van der Waals surface area contributed by atoms with E-state index in [-0.39, 0.29) is 6.10 Å². The van der Waals surface area contributed by atoms with Crippen LogP contribution in [0.5, 0.6) is 0 Å². The second-order valence-electron chi connectivity index (χ2n) is 3.87. The molecule has 0 radical (unpaired) electrons. The minimum Gasteiger partial charge on any atom is -0.388 e. The number of fused-ring (bicyclic) bond motifs is 1. The van der Waals surface area contributed by atoms with Gasteiger partial charge in [0.1, 0.15) is 0 Å². The van der Waals surface area contributed by atoms with Gasteiger partial charge >= 0.3 is 0 Å². The van der Waals surface area contributed by atoms with Crippen LogP contribution in [0, 0.1) is 0 Å². The summed E-state index contributed by atoms with van der Waals surface area (Å²) in [6.07, 6.45) is 2.66. The zero-order chi connectivity index (χ0) is 10.1. The van der Waals surface area contributed by atoms with Gasteiger partial charge < -0.3 is 10.4 Å². The zero-order valence-electron chi connectivity index (χ0n) is 8.75. The molecule has 4 nitrogen and oxygen atoms in total. The molecule has 0 bridgehead atoms. The van der Waals surface area contributed by atoms with Crippen LogP contribution < -0.4 is 5.32 Å². The second kappa shape index (κ2) is 3.71. The molecule has 0 spiro atoms. The number of aliphatic hydroxyl groups excluding tert-OH is 1. The summed E-state index contributed by atoms with van der Waals surface area (Å²) in [6.45, 7) is 0.736. The van der Waals surface area contributed by atoms with Crippen LogP contribution >= 0.6 is 0 Å². The highest BCUT2D eigenvalue weighted by atomic mass is 16.3. The third kappa shape index (κ3) is 1.44. The van der Waals surface area contributed by atoms with E-state index in [1.165, 1.54) is 5.69 Å². The summed E-state index contributed by atoms with van der Waals surface area (Å²) < 4.78 is 1.91. The number of aromatic nitrogens is 2. The minimum atomic E-state index is -0.309. The van der Waals surface area contributed by atoms with Gasteiger partial charge in [0.25, 0.3) is 0 Å². The molecule has 0 fully saturated rings. The molecule has 1 aliphatic rings. The third-order valence-electron chi connectivity index (χ3n) is 2.85. The summed E-state index contributed by atoms with van der Waals surface area (Å²) in [4.78, 5) is 0. The quantitative estimate of drug-likeness (QED) is 0.723. The van der Waals surface area contributed by atoms with Gasteiger partial charge in [-0.25, -0.2) is 0 Å². The molecule has 2 N–H and O–H groups in total. The molecule has 1 aromatic heterocycles. The lowest BCUT2D eigenvalue weighted by Crippen LogP contribution is -2.13. The number of rotatable bonds is 2. The number of hydrogen-bond donors (Lipinski definition) is 2. The maximum atomic E-state index is 9.90. The molecule has 2 rings (SSSR count). The third-order valence-corrected chi connectivity index (χ3v) is 2.85. The first-order chi connectivity index (χ1) is 6.74. The molecular formula is C10H17N3O. The lowest BCUT2D eigenvalue weighted by molar-refractivity contribution is 0.155. The first-order valence-electron chi connectivity index (χ1n) is 5.11. The van der Waals surface area contributed by atoms with Crippen molar-refractivity contribution in [3.05, 3.63) is 17.0 Å². The highest BCUT2D eigenvalue weighted by Gasteiger charge is 2.25. The first-order valence-corrected chi connectivity index (χ1v) is 5.11. The smallest absolute Gasteiger partial charge is 0.0826 e. The van der Waals surface area contributed by atoms with Crippen molar-refractivity contribution in [1.29, 1.82) is 0 Å². The van der Waals surface area contributed by atoms with Crippen LogP contribution in [-0.4, -0.2) is 21.9 Å². The van der Waals surface area contributed by atoms with Crippen LogP contribution in [0.2, 0.25) is 0 Å². The van der Waals surface area contributed by atoms with Crippen molar-refractivity contribution in [2.75, 3.05) is 7.05 Å². The predicted octanol–water partition coefficient (Wildman–Crippen LogP) is 0.509. The Bertz CT molecular complexity index is 332. The van der Waals surface area contributed by atoms with Crippen molar-refractivity contribution in [1.82, 2.24) is 15.1 Å². The van der Waals surface area contributed by atoms with Crippen LogP contribution in [0.1, 0.15) is 35.9 Å². The molecule has 1 aromatic rings. The topological polar surface area (TPSA) is 50.1 Å². The molecule has 1 atom stereocenters. The Morgan fingerprint density at radius 3 is 3.14 bits per heavy atom. The van der Waals surface area contributed by atoms with E-state index in [2.05, 4.69) is 10.4 Å². The average Bonchev–Trinajstić information content (AvgIpc) is 2.46. The Balaban J connectivity index is 2.42. The van der Waals surface area contributed by atoms with Gasteiger partial charge in [0, 0.05) is 24.8 Å². The average molecular weight is 195 g/mol. The minimum absolute atomic E-state index is 0.309. The van der Waals surface area contributed by atoms with Crippen LogP contribution in [0.3, 0.4) is 0 Å². The molecule has 1 unspecified atom stereocenters. The molecule has 4 heteroatoms. The van der Waals surface area contributed by atoms with Crippen molar-refractivity contribution < 1.29 is 5.11 Å². The van der Waals surface area contributed by atoms with E-state index in [1.807, 2.05) is 18.8 Å². The number of hydrogen-bond acceptors (Lipinski definition) is 3. The Kier molecular flexibility index (Phi) is 2.56. The van der Waals surface area contributed by atoms with E-state index < -0.39 is 0 Å². The summed E-state index contributed by atoms with van der Waals surface area (Å²) in [6, 6.07) is 0. The van der Waals surface area contributed by atoms with Gasteiger partial charge in [-0.15, -0.1) is 0 Å². The first kappa shape index (κ1) is 9.68. The molecule has 0 saturated carbocycles. The maximum absolute atomic E-state index is 9.90. The van der Waals surface area contributed by atoms with Gasteiger partial charge in [-0.3, -0.25) is 4.68 Å². The molecular weight excluding hydrogens is 178 g/mol. The van der Waals surface area contributed by atoms with Gasteiger partial charge in [-0.2, -0.15) is 5.10 Å². The number of aryl methyl sites for hydroxylation is 1. The Labute approximate surface area is 83.9 Å². The monoisotopic (exact) mass is 195 g/mol. The fourth-order valence-corrected chi connectivity index (χ4v) is 2.22. The summed E-state index contributed by atoms with van der Waals surface area (Å²) in [7, 11) is 3.85. The lowest BCUT2D eigenvalue weighted by atomic mass is 9.93. The van der Waals surface area contributed by atoms with Crippen molar-refractivity contribution in [3.8, 4) is 0 Å². The molecule has 78 valence electrons. The van der Waals surface area contributed by atoms with E-state index in [0.29, 0.717) is 0 Å². The Hall–Kier alpha value is -0.870. The predicted molar refractivity (Wildman–Crippen MR) is 53.9 cm³/mol. The maximum Gasteiger partial charge on any atom is 0.0826 e. The standard InChI is InChI=1S/C10H17N3O/c1-11-6-7-10-8(13(2)12-7)4-3-5-9(10)14/h9,11,14H,3-6H2,1-2H3. The number of nitrogens with one attached hydrogen (secondary N) is 1. The lowest BCUT2D eigenvalue weighted by Gasteiger charge is -2.18. The van der Waals surface area contributed by atoms with Gasteiger partial charge in [-0.05, 0) is 26.3 Å². The van der Waals surface area contributed by atoms with E-state index in [0.717, 1.165) is 37.1 Å². The summed E-state index contributed by atoms with van der Waals surface area (Å²) in [5, 5.41) is 17.4. The van der Waals surface area contributed by atoms with Gasteiger partial charge in [0.2, 0.25) is 0 Å². The molecule has 1 heterocycles. The molecule has 0 saturated heterocycles. The van der Waals surface area contributed by atoms with Crippen molar-refractivity contribution in [2.24, 2.45) is 7.05 Å². The second-order valence-corrected chi connectivity index (χ2v) is 3.87. The largest absolute Gasteiger partial charge is 0.388 e. The fourth-order valence-electron chi connectivity index (χ4n) is 2.22.